The highest BCUT2D eigenvalue weighted by Gasteiger charge is 2.05. The first-order valence-corrected chi connectivity index (χ1v) is 9.47. The SMILES string of the molecule is O=C(COc1ccc(OCCNC[C@H](O)COc2ccccc2)cc1)NCCO. The van der Waals surface area contributed by atoms with Crippen LogP contribution in [-0.4, -0.2) is 68.3 Å². The largest absolute Gasteiger partial charge is 0.492 e. The van der Waals surface area contributed by atoms with Crippen molar-refractivity contribution in [2.75, 3.05) is 46.1 Å². The van der Waals surface area contributed by atoms with Crippen LogP contribution in [0.1, 0.15) is 0 Å². The number of hydrogen-bond donors (Lipinski definition) is 4. The molecule has 1 amide bonds. The van der Waals surface area contributed by atoms with Crippen molar-refractivity contribution < 1.29 is 29.2 Å². The molecule has 2 aromatic carbocycles. The van der Waals surface area contributed by atoms with Gasteiger partial charge in [-0.15, -0.1) is 0 Å². The summed E-state index contributed by atoms with van der Waals surface area (Å²) in [6, 6.07) is 16.3. The molecule has 0 saturated carbocycles. The third kappa shape index (κ3) is 9.79. The van der Waals surface area contributed by atoms with E-state index in [0.29, 0.717) is 31.2 Å². The zero-order valence-corrected chi connectivity index (χ0v) is 16.3. The standard InChI is InChI=1S/C21H28N2O6/c24-12-10-23-21(26)16-29-20-8-6-19(7-9-20)27-13-11-22-14-17(25)15-28-18-4-2-1-3-5-18/h1-9,17,22,24-25H,10-16H2,(H,23,26)/t17-/m0/s1. The molecule has 0 radical (unpaired) electrons. The molecule has 29 heavy (non-hydrogen) atoms. The molecule has 8 heteroatoms. The normalized spacial score (nSPS) is 11.5. The van der Waals surface area contributed by atoms with Gasteiger partial charge in [-0.3, -0.25) is 4.79 Å². The molecule has 0 saturated heterocycles. The fourth-order valence-electron chi connectivity index (χ4n) is 2.31. The van der Waals surface area contributed by atoms with Gasteiger partial charge in [0.05, 0.1) is 6.61 Å². The molecular weight excluding hydrogens is 376 g/mol. The molecule has 0 aromatic heterocycles. The van der Waals surface area contributed by atoms with Crippen LogP contribution < -0.4 is 24.8 Å². The number of aliphatic hydroxyl groups is 2. The summed E-state index contributed by atoms with van der Waals surface area (Å²) in [6.07, 6.45) is -0.610. The molecular formula is C21H28N2O6. The lowest BCUT2D eigenvalue weighted by molar-refractivity contribution is -0.123. The Balaban J connectivity index is 1.54. The quantitative estimate of drug-likeness (QED) is 0.341. The van der Waals surface area contributed by atoms with Crippen LogP contribution in [0.15, 0.2) is 54.6 Å². The summed E-state index contributed by atoms with van der Waals surface area (Å²) in [5, 5.41) is 24.2. The second-order valence-corrected chi connectivity index (χ2v) is 6.16. The first kappa shape index (κ1) is 22.5. The number of ether oxygens (including phenoxy) is 3. The molecule has 158 valence electrons. The predicted octanol–water partition coefficient (Wildman–Crippen LogP) is 0.582. The molecule has 0 fully saturated rings. The zero-order valence-electron chi connectivity index (χ0n) is 16.3. The van der Waals surface area contributed by atoms with E-state index in [2.05, 4.69) is 10.6 Å². The van der Waals surface area contributed by atoms with Crippen molar-refractivity contribution in [1.82, 2.24) is 10.6 Å². The van der Waals surface area contributed by atoms with Crippen molar-refractivity contribution in [1.29, 1.82) is 0 Å². The number of benzene rings is 2. The number of hydrogen-bond acceptors (Lipinski definition) is 7. The highest BCUT2D eigenvalue weighted by molar-refractivity contribution is 5.77. The number of nitrogens with one attached hydrogen (secondary N) is 2. The second-order valence-electron chi connectivity index (χ2n) is 6.16. The summed E-state index contributed by atoms with van der Waals surface area (Å²) < 4.78 is 16.4. The van der Waals surface area contributed by atoms with Crippen molar-refractivity contribution >= 4 is 5.91 Å². The van der Waals surface area contributed by atoms with Gasteiger partial charge in [-0.25, -0.2) is 0 Å². The molecule has 0 bridgehead atoms. The average molecular weight is 404 g/mol. The number of amides is 1. The van der Waals surface area contributed by atoms with Crippen LogP contribution in [0.25, 0.3) is 0 Å². The van der Waals surface area contributed by atoms with E-state index in [1.807, 2.05) is 30.3 Å². The number of para-hydroxylation sites is 1. The van der Waals surface area contributed by atoms with Crippen LogP contribution in [0.2, 0.25) is 0 Å². The Kier molecular flexibility index (Phi) is 10.4. The van der Waals surface area contributed by atoms with E-state index in [0.717, 1.165) is 5.75 Å². The number of aliphatic hydroxyl groups excluding tert-OH is 2. The van der Waals surface area contributed by atoms with Gasteiger partial charge in [0.25, 0.3) is 5.91 Å². The average Bonchev–Trinajstić information content (AvgIpc) is 2.76. The van der Waals surface area contributed by atoms with Crippen LogP contribution in [0.3, 0.4) is 0 Å². The molecule has 2 aromatic rings. The molecule has 4 N–H and O–H groups in total. The van der Waals surface area contributed by atoms with E-state index in [1.165, 1.54) is 0 Å². The van der Waals surface area contributed by atoms with Crippen molar-refractivity contribution in [3.05, 3.63) is 54.6 Å². The van der Waals surface area contributed by atoms with Gasteiger partial charge in [-0.2, -0.15) is 0 Å². The Bertz CT molecular complexity index is 696. The van der Waals surface area contributed by atoms with Crippen molar-refractivity contribution in [3.63, 3.8) is 0 Å². The maximum absolute atomic E-state index is 11.4. The Morgan fingerprint density at radius 3 is 2.24 bits per heavy atom. The van der Waals surface area contributed by atoms with Crippen LogP contribution in [0, 0.1) is 0 Å². The third-order valence-electron chi connectivity index (χ3n) is 3.74. The van der Waals surface area contributed by atoms with Crippen LogP contribution >= 0.6 is 0 Å². The molecule has 2 rings (SSSR count). The number of rotatable bonds is 14. The minimum Gasteiger partial charge on any atom is -0.492 e. The Morgan fingerprint density at radius 1 is 0.897 bits per heavy atom. The van der Waals surface area contributed by atoms with E-state index in [-0.39, 0.29) is 32.3 Å². The second kappa shape index (κ2) is 13.4. The van der Waals surface area contributed by atoms with Crippen LogP contribution in [-0.2, 0) is 4.79 Å². The van der Waals surface area contributed by atoms with E-state index in [9.17, 15) is 9.90 Å². The van der Waals surface area contributed by atoms with Gasteiger partial charge in [0.15, 0.2) is 6.61 Å². The lowest BCUT2D eigenvalue weighted by atomic mass is 10.3. The summed E-state index contributed by atoms with van der Waals surface area (Å²) in [4.78, 5) is 11.4. The Labute approximate surface area is 170 Å². The molecule has 8 nitrogen and oxygen atoms in total. The van der Waals surface area contributed by atoms with E-state index in [4.69, 9.17) is 19.3 Å². The first-order valence-electron chi connectivity index (χ1n) is 9.47. The maximum Gasteiger partial charge on any atom is 0.258 e. The highest BCUT2D eigenvalue weighted by Crippen LogP contribution is 2.17. The van der Waals surface area contributed by atoms with E-state index < -0.39 is 6.10 Å². The maximum atomic E-state index is 11.4. The fourth-order valence-corrected chi connectivity index (χ4v) is 2.31. The Morgan fingerprint density at radius 2 is 1.55 bits per heavy atom. The van der Waals surface area contributed by atoms with Crippen molar-refractivity contribution in [2.24, 2.45) is 0 Å². The summed E-state index contributed by atoms with van der Waals surface area (Å²) in [7, 11) is 0. The lowest BCUT2D eigenvalue weighted by Gasteiger charge is -2.13. The summed E-state index contributed by atoms with van der Waals surface area (Å²) in [5.41, 5.74) is 0. The molecule has 0 aliphatic heterocycles. The van der Waals surface area contributed by atoms with Gasteiger partial charge < -0.3 is 35.1 Å². The lowest BCUT2D eigenvalue weighted by Crippen LogP contribution is -2.33. The van der Waals surface area contributed by atoms with Crippen LogP contribution in [0.4, 0.5) is 0 Å². The molecule has 0 spiro atoms. The van der Waals surface area contributed by atoms with Gasteiger partial charge in [0.2, 0.25) is 0 Å². The van der Waals surface area contributed by atoms with Crippen molar-refractivity contribution in [3.8, 4) is 17.2 Å². The van der Waals surface area contributed by atoms with Gasteiger partial charge in [0.1, 0.15) is 36.6 Å². The van der Waals surface area contributed by atoms with E-state index in [1.54, 1.807) is 24.3 Å². The van der Waals surface area contributed by atoms with Gasteiger partial charge >= 0.3 is 0 Å². The highest BCUT2D eigenvalue weighted by atomic mass is 16.5. The van der Waals surface area contributed by atoms with Crippen molar-refractivity contribution in [2.45, 2.75) is 6.10 Å². The van der Waals surface area contributed by atoms with Crippen LogP contribution in [0.5, 0.6) is 17.2 Å². The van der Waals surface area contributed by atoms with E-state index >= 15 is 0 Å². The van der Waals surface area contributed by atoms with Gasteiger partial charge in [-0.1, -0.05) is 18.2 Å². The molecule has 0 aliphatic carbocycles. The predicted molar refractivity (Wildman–Crippen MR) is 108 cm³/mol. The molecule has 0 heterocycles. The number of carbonyl (C=O) groups is 1. The molecule has 1 atom stereocenters. The third-order valence-corrected chi connectivity index (χ3v) is 3.74. The molecule has 0 unspecified atom stereocenters. The summed E-state index contributed by atoms with van der Waals surface area (Å²) in [5.74, 6) is 1.67. The van der Waals surface area contributed by atoms with Gasteiger partial charge in [-0.05, 0) is 36.4 Å². The monoisotopic (exact) mass is 404 g/mol. The van der Waals surface area contributed by atoms with Gasteiger partial charge in [0, 0.05) is 19.6 Å². The smallest absolute Gasteiger partial charge is 0.258 e. The minimum absolute atomic E-state index is 0.104. The summed E-state index contributed by atoms with van der Waals surface area (Å²) in [6.45, 7) is 1.63. The summed E-state index contributed by atoms with van der Waals surface area (Å²) >= 11 is 0. The topological polar surface area (TPSA) is 109 Å². The fraction of sp³-hybridized carbons (Fsp3) is 0.381. The minimum atomic E-state index is -0.610. The zero-order chi connectivity index (χ0) is 20.7. The first-order chi connectivity index (χ1) is 14.2. The Hall–Kier alpha value is -2.81. The number of carbonyl (C=O) groups excluding carboxylic acids is 1. The molecule has 0 aliphatic rings.